The molecule has 0 bridgehead atoms. The molecule has 2 rings (SSSR count). The molecule has 1 atom stereocenters. The van der Waals surface area contributed by atoms with Crippen LogP contribution in [0.15, 0.2) is 46.1 Å². The van der Waals surface area contributed by atoms with E-state index >= 15 is 0 Å². The number of benzene rings is 1. The Morgan fingerprint density at radius 3 is 2.75 bits per heavy atom. The van der Waals surface area contributed by atoms with Crippen molar-refractivity contribution in [2.24, 2.45) is 10.7 Å². The van der Waals surface area contributed by atoms with E-state index in [-0.39, 0.29) is 5.91 Å². The lowest BCUT2D eigenvalue weighted by atomic mass is 10.2. The first-order valence-electron chi connectivity index (χ1n) is 4.73. The molecule has 1 heterocycles. The van der Waals surface area contributed by atoms with Gasteiger partial charge in [-0.05, 0) is 28.1 Å². The molecule has 1 unspecified atom stereocenters. The van der Waals surface area contributed by atoms with Gasteiger partial charge in [-0.15, -0.1) is 0 Å². The summed E-state index contributed by atoms with van der Waals surface area (Å²) in [5, 5.41) is 0. The zero-order chi connectivity index (χ0) is 11.5. The van der Waals surface area contributed by atoms with Crippen molar-refractivity contribution >= 4 is 28.1 Å². The highest BCUT2D eigenvalue weighted by Crippen LogP contribution is 2.16. The zero-order valence-electron chi connectivity index (χ0n) is 8.38. The van der Waals surface area contributed by atoms with Gasteiger partial charge in [0.25, 0.3) is 5.91 Å². The maximum absolute atomic E-state index is 12.1. The fourth-order valence-corrected chi connectivity index (χ4v) is 1.72. The number of hydrogen-bond donors (Lipinski definition) is 1. The first kappa shape index (κ1) is 11.0. The van der Waals surface area contributed by atoms with Crippen molar-refractivity contribution in [2.45, 2.75) is 6.17 Å². The Hall–Kier alpha value is -1.46. The van der Waals surface area contributed by atoms with Crippen LogP contribution < -0.4 is 5.73 Å². The molecule has 16 heavy (non-hydrogen) atoms. The van der Waals surface area contributed by atoms with E-state index < -0.39 is 6.17 Å². The van der Waals surface area contributed by atoms with Crippen LogP contribution in [0, 0.1) is 0 Å². The number of carbonyl (C=O) groups is 1. The standard InChI is InChI=1S/C11H10BrN3O/c12-9-7-15(10(13)6-14-9)11(16)8-4-2-1-3-5-8/h1-7,10H,13H2. The van der Waals surface area contributed by atoms with Gasteiger partial charge in [0.2, 0.25) is 0 Å². The Kier molecular flexibility index (Phi) is 3.17. The first-order valence-corrected chi connectivity index (χ1v) is 5.52. The van der Waals surface area contributed by atoms with Crippen LogP contribution in [0.1, 0.15) is 10.4 Å². The molecular formula is C11H10BrN3O. The maximum Gasteiger partial charge on any atom is 0.259 e. The number of hydrogen-bond acceptors (Lipinski definition) is 3. The second kappa shape index (κ2) is 4.59. The smallest absolute Gasteiger partial charge is 0.259 e. The molecule has 0 spiro atoms. The molecule has 5 heteroatoms. The highest BCUT2D eigenvalue weighted by molar-refractivity contribution is 9.11. The highest BCUT2D eigenvalue weighted by Gasteiger charge is 2.21. The van der Waals surface area contributed by atoms with Crippen LogP contribution in [0.4, 0.5) is 0 Å². The summed E-state index contributed by atoms with van der Waals surface area (Å²) in [6.45, 7) is 0. The molecule has 1 amide bonds. The van der Waals surface area contributed by atoms with E-state index in [4.69, 9.17) is 5.73 Å². The quantitative estimate of drug-likeness (QED) is 0.796. The van der Waals surface area contributed by atoms with E-state index in [1.54, 1.807) is 18.3 Å². The molecule has 1 aromatic carbocycles. The summed E-state index contributed by atoms with van der Waals surface area (Å²) in [5.41, 5.74) is 6.37. The highest BCUT2D eigenvalue weighted by atomic mass is 79.9. The molecule has 82 valence electrons. The van der Waals surface area contributed by atoms with Crippen LogP contribution in [0.2, 0.25) is 0 Å². The third-order valence-electron chi connectivity index (χ3n) is 2.17. The van der Waals surface area contributed by atoms with E-state index in [0.29, 0.717) is 10.2 Å². The predicted octanol–water partition coefficient (Wildman–Crippen LogP) is 1.69. The van der Waals surface area contributed by atoms with Crippen LogP contribution in [-0.4, -0.2) is 23.2 Å². The number of aliphatic imine (C=N–C) groups is 1. The van der Waals surface area contributed by atoms with E-state index in [1.165, 1.54) is 11.1 Å². The fraction of sp³-hybridized carbons (Fsp3) is 0.0909. The molecule has 4 nitrogen and oxygen atoms in total. The largest absolute Gasteiger partial charge is 0.306 e. The molecule has 2 N–H and O–H groups in total. The number of amides is 1. The predicted molar refractivity (Wildman–Crippen MR) is 66.1 cm³/mol. The topological polar surface area (TPSA) is 58.7 Å². The summed E-state index contributed by atoms with van der Waals surface area (Å²) in [7, 11) is 0. The van der Waals surface area contributed by atoms with Crippen LogP contribution in [0.3, 0.4) is 0 Å². The Bertz CT molecular complexity index is 456. The third-order valence-corrected chi connectivity index (χ3v) is 2.58. The summed E-state index contributed by atoms with van der Waals surface area (Å²) in [6.07, 6.45) is 2.58. The van der Waals surface area contributed by atoms with Crippen molar-refractivity contribution in [2.75, 3.05) is 0 Å². The average Bonchev–Trinajstić information content (AvgIpc) is 2.32. The normalized spacial score (nSPS) is 19.5. The SMILES string of the molecule is NC1C=NC(Br)=CN1C(=O)c1ccccc1. The van der Waals surface area contributed by atoms with Crippen molar-refractivity contribution in [3.05, 3.63) is 46.7 Å². The summed E-state index contributed by atoms with van der Waals surface area (Å²) < 4.78 is 0.582. The van der Waals surface area contributed by atoms with Gasteiger partial charge >= 0.3 is 0 Å². The van der Waals surface area contributed by atoms with E-state index in [9.17, 15) is 4.79 Å². The van der Waals surface area contributed by atoms with Crippen molar-refractivity contribution < 1.29 is 4.79 Å². The van der Waals surface area contributed by atoms with Gasteiger partial charge in [-0.2, -0.15) is 0 Å². The lowest BCUT2D eigenvalue weighted by molar-refractivity contribution is 0.0803. The van der Waals surface area contributed by atoms with Gasteiger partial charge in [-0.3, -0.25) is 9.69 Å². The molecule has 0 radical (unpaired) electrons. The minimum Gasteiger partial charge on any atom is -0.306 e. The van der Waals surface area contributed by atoms with Gasteiger partial charge < -0.3 is 5.73 Å². The molecule has 0 saturated carbocycles. The van der Waals surface area contributed by atoms with E-state index in [1.807, 2.05) is 18.2 Å². The Morgan fingerprint density at radius 1 is 1.38 bits per heavy atom. The fourth-order valence-electron chi connectivity index (χ4n) is 1.38. The van der Waals surface area contributed by atoms with E-state index in [2.05, 4.69) is 20.9 Å². The lowest BCUT2D eigenvalue weighted by Crippen LogP contribution is -2.44. The maximum atomic E-state index is 12.1. The van der Waals surface area contributed by atoms with Gasteiger partial charge in [-0.25, -0.2) is 4.99 Å². The van der Waals surface area contributed by atoms with Crippen molar-refractivity contribution in [1.82, 2.24) is 4.90 Å². The third kappa shape index (κ3) is 2.20. The zero-order valence-corrected chi connectivity index (χ0v) is 9.96. The van der Waals surface area contributed by atoms with Crippen molar-refractivity contribution in [1.29, 1.82) is 0 Å². The van der Waals surface area contributed by atoms with Gasteiger partial charge in [0.15, 0.2) is 0 Å². The average molecular weight is 280 g/mol. The van der Waals surface area contributed by atoms with Gasteiger partial charge in [0.05, 0.1) is 0 Å². The van der Waals surface area contributed by atoms with E-state index in [0.717, 1.165) is 0 Å². The number of nitrogens with two attached hydrogens (primary N) is 1. The summed E-state index contributed by atoms with van der Waals surface area (Å²) in [4.78, 5) is 17.5. The van der Waals surface area contributed by atoms with Crippen LogP contribution in [0.5, 0.6) is 0 Å². The Labute approximate surface area is 102 Å². The summed E-state index contributed by atoms with van der Waals surface area (Å²) >= 11 is 3.21. The summed E-state index contributed by atoms with van der Waals surface area (Å²) in [6, 6.07) is 9.00. The second-order valence-electron chi connectivity index (χ2n) is 3.30. The molecule has 1 aliphatic rings. The monoisotopic (exact) mass is 279 g/mol. The molecular weight excluding hydrogens is 270 g/mol. The minimum atomic E-state index is -0.519. The molecule has 1 aliphatic heterocycles. The Morgan fingerprint density at radius 2 is 2.06 bits per heavy atom. The van der Waals surface area contributed by atoms with Crippen LogP contribution in [0.25, 0.3) is 0 Å². The number of halogens is 1. The van der Waals surface area contributed by atoms with Gasteiger partial charge in [0.1, 0.15) is 10.8 Å². The molecule has 0 aromatic heterocycles. The number of rotatable bonds is 1. The Balaban J connectivity index is 2.26. The van der Waals surface area contributed by atoms with Gasteiger partial charge in [0, 0.05) is 18.0 Å². The minimum absolute atomic E-state index is 0.142. The number of nitrogens with zero attached hydrogens (tertiary/aromatic N) is 2. The molecule has 0 aliphatic carbocycles. The van der Waals surface area contributed by atoms with Crippen molar-refractivity contribution in [3.63, 3.8) is 0 Å². The molecule has 0 fully saturated rings. The summed E-state index contributed by atoms with van der Waals surface area (Å²) in [5.74, 6) is -0.142. The van der Waals surface area contributed by atoms with Crippen molar-refractivity contribution in [3.8, 4) is 0 Å². The molecule has 0 saturated heterocycles. The second-order valence-corrected chi connectivity index (χ2v) is 4.11. The molecule has 1 aromatic rings. The van der Waals surface area contributed by atoms with Crippen LogP contribution in [-0.2, 0) is 0 Å². The van der Waals surface area contributed by atoms with Gasteiger partial charge in [-0.1, -0.05) is 18.2 Å². The van der Waals surface area contributed by atoms with Crippen LogP contribution >= 0.6 is 15.9 Å². The first-order chi connectivity index (χ1) is 7.68. The number of carbonyl (C=O) groups excluding carboxylic acids is 1. The lowest BCUT2D eigenvalue weighted by Gasteiger charge is -2.25.